The summed E-state index contributed by atoms with van der Waals surface area (Å²) in [5, 5.41) is 2.14. The molecule has 4 nitrogen and oxygen atoms in total. The van der Waals surface area contributed by atoms with Crippen molar-refractivity contribution in [2.24, 2.45) is 5.92 Å². The SMILES string of the molecule is O=C1c2cccn2C2CN(Cc3cccs3)CC2N1CC1CC1. The highest BCUT2D eigenvalue weighted by molar-refractivity contribution is 7.09. The number of likely N-dealkylation sites (tertiary alicyclic amines) is 1. The lowest BCUT2D eigenvalue weighted by atomic mass is 10.1. The molecule has 0 bridgehead atoms. The molecule has 0 radical (unpaired) electrons. The van der Waals surface area contributed by atoms with Crippen molar-refractivity contribution in [3.8, 4) is 0 Å². The normalized spacial score (nSPS) is 27.3. The molecule has 4 heterocycles. The van der Waals surface area contributed by atoms with Gasteiger partial charge in [0, 0.05) is 37.3 Å². The first-order valence-corrected chi connectivity index (χ1v) is 9.40. The fourth-order valence-electron chi connectivity index (χ4n) is 4.14. The van der Waals surface area contributed by atoms with E-state index in [1.54, 1.807) is 0 Å². The minimum Gasteiger partial charge on any atom is -0.337 e. The molecule has 23 heavy (non-hydrogen) atoms. The van der Waals surface area contributed by atoms with Crippen molar-refractivity contribution < 1.29 is 4.79 Å². The number of fused-ring (bicyclic) bond motifs is 3. The predicted octanol–water partition coefficient (Wildman–Crippen LogP) is 2.84. The van der Waals surface area contributed by atoms with Crippen molar-refractivity contribution in [3.63, 3.8) is 0 Å². The second kappa shape index (κ2) is 5.21. The van der Waals surface area contributed by atoms with E-state index in [-0.39, 0.29) is 5.91 Å². The zero-order valence-corrected chi connectivity index (χ0v) is 13.9. The number of rotatable bonds is 4. The highest BCUT2D eigenvalue weighted by atomic mass is 32.1. The van der Waals surface area contributed by atoms with Crippen molar-refractivity contribution in [1.29, 1.82) is 0 Å². The third-order valence-corrected chi connectivity index (χ3v) is 6.32. The zero-order chi connectivity index (χ0) is 15.4. The van der Waals surface area contributed by atoms with Crippen molar-refractivity contribution >= 4 is 17.2 Å². The fraction of sp³-hybridized carbons (Fsp3) is 0.500. The van der Waals surface area contributed by atoms with Gasteiger partial charge in [-0.1, -0.05) is 6.07 Å². The van der Waals surface area contributed by atoms with Crippen LogP contribution in [0.4, 0.5) is 0 Å². The summed E-state index contributed by atoms with van der Waals surface area (Å²) in [6, 6.07) is 9.09. The standard InChI is InChI=1S/C18H21N3OS/c22-18-15-4-1-7-20(15)16-11-19(10-14-3-2-8-23-14)12-17(16)21(18)9-13-5-6-13/h1-4,7-8,13,16-17H,5-6,9-12H2. The van der Waals surface area contributed by atoms with Gasteiger partial charge in [0.1, 0.15) is 5.69 Å². The summed E-state index contributed by atoms with van der Waals surface area (Å²) in [4.78, 5) is 19.0. The number of hydrogen-bond donors (Lipinski definition) is 0. The summed E-state index contributed by atoms with van der Waals surface area (Å²) in [6.07, 6.45) is 4.68. The summed E-state index contributed by atoms with van der Waals surface area (Å²) in [5.41, 5.74) is 0.880. The molecule has 0 aromatic carbocycles. The predicted molar refractivity (Wildman–Crippen MR) is 90.6 cm³/mol. The molecule has 0 N–H and O–H groups in total. The largest absolute Gasteiger partial charge is 0.337 e. The van der Waals surface area contributed by atoms with E-state index in [0.717, 1.165) is 37.8 Å². The molecular weight excluding hydrogens is 306 g/mol. The summed E-state index contributed by atoms with van der Waals surface area (Å²) < 4.78 is 2.23. The van der Waals surface area contributed by atoms with Crippen LogP contribution in [0.25, 0.3) is 0 Å². The number of nitrogens with zero attached hydrogens (tertiary/aromatic N) is 3. The first kappa shape index (κ1) is 13.8. The van der Waals surface area contributed by atoms with Crippen molar-refractivity contribution in [1.82, 2.24) is 14.4 Å². The van der Waals surface area contributed by atoms with Crippen LogP contribution in [0.3, 0.4) is 0 Å². The third kappa shape index (κ3) is 2.34. The minimum absolute atomic E-state index is 0.237. The quantitative estimate of drug-likeness (QED) is 0.864. The zero-order valence-electron chi connectivity index (χ0n) is 13.1. The first-order valence-electron chi connectivity index (χ1n) is 8.52. The maximum atomic E-state index is 12.9. The Morgan fingerprint density at radius 1 is 1.13 bits per heavy atom. The van der Waals surface area contributed by atoms with Crippen LogP contribution in [0, 0.1) is 5.92 Å². The molecule has 5 heteroatoms. The number of hydrogen-bond acceptors (Lipinski definition) is 3. The lowest BCUT2D eigenvalue weighted by molar-refractivity contribution is 0.0565. The van der Waals surface area contributed by atoms with Gasteiger partial charge in [-0.2, -0.15) is 0 Å². The molecule has 2 fully saturated rings. The van der Waals surface area contributed by atoms with Gasteiger partial charge in [-0.15, -0.1) is 11.3 Å². The Hall–Kier alpha value is -1.59. The molecule has 2 aromatic rings. The van der Waals surface area contributed by atoms with Gasteiger partial charge in [0.05, 0.1) is 12.1 Å². The van der Waals surface area contributed by atoms with Crippen LogP contribution in [0.5, 0.6) is 0 Å². The molecule has 2 atom stereocenters. The van der Waals surface area contributed by atoms with Crippen LogP contribution in [0.2, 0.25) is 0 Å². The first-order chi connectivity index (χ1) is 11.3. The highest BCUT2D eigenvalue weighted by Crippen LogP contribution is 2.38. The maximum Gasteiger partial charge on any atom is 0.270 e. The van der Waals surface area contributed by atoms with Gasteiger partial charge in [-0.25, -0.2) is 0 Å². The number of amides is 1. The number of carbonyl (C=O) groups excluding carboxylic acids is 1. The monoisotopic (exact) mass is 327 g/mol. The topological polar surface area (TPSA) is 28.5 Å². The Bertz CT molecular complexity index is 718. The van der Waals surface area contributed by atoms with E-state index in [0.29, 0.717) is 12.1 Å². The Kier molecular flexibility index (Phi) is 3.13. The molecule has 1 amide bonds. The van der Waals surface area contributed by atoms with Crippen LogP contribution in [-0.4, -0.2) is 46.0 Å². The van der Waals surface area contributed by atoms with Crippen LogP contribution in [0.1, 0.15) is 34.2 Å². The van der Waals surface area contributed by atoms with Crippen LogP contribution >= 0.6 is 11.3 Å². The van der Waals surface area contributed by atoms with Crippen molar-refractivity contribution in [2.45, 2.75) is 31.5 Å². The maximum absolute atomic E-state index is 12.9. The molecule has 2 aliphatic heterocycles. The Morgan fingerprint density at radius 3 is 2.78 bits per heavy atom. The lowest BCUT2D eigenvalue weighted by Gasteiger charge is -2.38. The van der Waals surface area contributed by atoms with Gasteiger partial charge in [-0.05, 0) is 42.3 Å². The molecule has 1 aliphatic carbocycles. The van der Waals surface area contributed by atoms with Gasteiger partial charge in [0.15, 0.2) is 0 Å². The summed E-state index contributed by atoms with van der Waals surface area (Å²) >= 11 is 1.82. The summed E-state index contributed by atoms with van der Waals surface area (Å²) in [7, 11) is 0. The molecule has 3 aliphatic rings. The lowest BCUT2D eigenvalue weighted by Crippen LogP contribution is -2.51. The average Bonchev–Trinajstić information content (AvgIpc) is 2.99. The smallest absolute Gasteiger partial charge is 0.270 e. The molecule has 120 valence electrons. The van der Waals surface area contributed by atoms with Gasteiger partial charge in [0.2, 0.25) is 0 Å². The number of carbonyl (C=O) groups is 1. The van der Waals surface area contributed by atoms with Gasteiger partial charge >= 0.3 is 0 Å². The molecule has 0 spiro atoms. The van der Waals surface area contributed by atoms with Gasteiger partial charge < -0.3 is 9.47 Å². The second-order valence-electron chi connectivity index (χ2n) is 7.11. The Morgan fingerprint density at radius 2 is 2.00 bits per heavy atom. The van der Waals surface area contributed by atoms with E-state index in [4.69, 9.17) is 0 Å². The van der Waals surface area contributed by atoms with Crippen LogP contribution in [-0.2, 0) is 6.54 Å². The Balaban J connectivity index is 1.43. The van der Waals surface area contributed by atoms with E-state index >= 15 is 0 Å². The van der Waals surface area contributed by atoms with E-state index in [9.17, 15) is 4.79 Å². The molecule has 1 saturated carbocycles. The van der Waals surface area contributed by atoms with Crippen molar-refractivity contribution in [3.05, 3.63) is 46.4 Å². The average molecular weight is 327 g/mol. The highest BCUT2D eigenvalue weighted by Gasteiger charge is 2.46. The molecule has 5 rings (SSSR count). The van der Waals surface area contributed by atoms with Crippen LogP contribution < -0.4 is 0 Å². The molecule has 2 unspecified atom stereocenters. The van der Waals surface area contributed by atoms with Crippen LogP contribution in [0.15, 0.2) is 35.8 Å². The molecular formula is C18H21N3OS. The third-order valence-electron chi connectivity index (χ3n) is 5.46. The van der Waals surface area contributed by atoms with Gasteiger partial charge in [0.25, 0.3) is 5.91 Å². The van der Waals surface area contributed by atoms with E-state index in [2.05, 4.69) is 38.1 Å². The number of thiophene rings is 1. The molecule has 2 aromatic heterocycles. The minimum atomic E-state index is 0.237. The second-order valence-corrected chi connectivity index (χ2v) is 8.14. The van der Waals surface area contributed by atoms with E-state index in [1.165, 1.54) is 17.7 Å². The van der Waals surface area contributed by atoms with E-state index < -0.39 is 0 Å². The van der Waals surface area contributed by atoms with Crippen molar-refractivity contribution in [2.75, 3.05) is 19.6 Å². The number of aromatic nitrogens is 1. The summed E-state index contributed by atoms with van der Waals surface area (Å²) in [6.45, 7) is 4.00. The van der Waals surface area contributed by atoms with E-state index in [1.807, 2.05) is 23.5 Å². The van der Waals surface area contributed by atoms with Gasteiger partial charge in [-0.3, -0.25) is 9.69 Å². The Labute approximate surface area is 140 Å². The summed E-state index contributed by atoms with van der Waals surface area (Å²) in [5.74, 6) is 0.980. The fourth-order valence-corrected chi connectivity index (χ4v) is 4.88. The molecule has 1 saturated heterocycles.